The quantitative estimate of drug-likeness (QED) is 0.559. The molecular formula is C23H29N5O4S. The molecule has 0 unspecified atom stereocenters. The minimum absolute atomic E-state index is 0.154. The van der Waals surface area contributed by atoms with E-state index in [-0.39, 0.29) is 10.8 Å². The highest BCUT2D eigenvalue weighted by Gasteiger charge is 2.26. The number of amides is 1. The van der Waals surface area contributed by atoms with E-state index in [0.717, 1.165) is 31.6 Å². The maximum atomic E-state index is 13.4. The molecule has 0 saturated carbocycles. The van der Waals surface area contributed by atoms with Crippen molar-refractivity contribution in [2.24, 2.45) is 0 Å². The molecule has 33 heavy (non-hydrogen) atoms. The first-order chi connectivity index (χ1) is 15.8. The Morgan fingerprint density at radius 3 is 2.52 bits per heavy atom. The van der Waals surface area contributed by atoms with Gasteiger partial charge in [0.25, 0.3) is 11.6 Å². The molecule has 0 radical (unpaired) electrons. The van der Waals surface area contributed by atoms with E-state index >= 15 is 0 Å². The highest BCUT2D eigenvalue weighted by molar-refractivity contribution is 7.89. The number of aromatic nitrogens is 2. The number of fused-ring (bicyclic) bond motifs is 1. The van der Waals surface area contributed by atoms with Crippen LogP contribution in [-0.4, -0.2) is 54.9 Å². The third-order valence-corrected chi connectivity index (χ3v) is 8.04. The number of carbonyl (C=O) groups is 1. The van der Waals surface area contributed by atoms with Crippen molar-refractivity contribution in [3.8, 4) is 0 Å². The molecule has 1 aliphatic heterocycles. The summed E-state index contributed by atoms with van der Waals surface area (Å²) in [5.74, 6) is -0.366. The normalized spacial score (nSPS) is 14.4. The Bertz CT molecular complexity index is 1290. The standard InChI is InChI=1S/C23H29N5O4S/c1-5-28(6-2)33(30,31)17-9-10-20(27-11-7-8-12-27)19(14-17)25-22(29)18-13-15(3)24-23-21(18)16(4)26-32-23/h9-10,13-14H,5-8,11-12H2,1-4H3,(H,25,29). The maximum Gasteiger partial charge on any atom is 0.258 e. The van der Waals surface area contributed by atoms with Gasteiger partial charge in [0.15, 0.2) is 0 Å². The van der Waals surface area contributed by atoms with E-state index in [9.17, 15) is 13.2 Å². The van der Waals surface area contributed by atoms with E-state index in [1.807, 2.05) is 0 Å². The van der Waals surface area contributed by atoms with Gasteiger partial charge < -0.3 is 14.7 Å². The van der Waals surface area contributed by atoms with Crippen LogP contribution in [0.2, 0.25) is 0 Å². The minimum Gasteiger partial charge on any atom is -0.370 e. The number of hydrogen-bond acceptors (Lipinski definition) is 7. The molecular weight excluding hydrogens is 442 g/mol. The molecule has 1 amide bonds. The van der Waals surface area contributed by atoms with Gasteiger partial charge in [-0.1, -0.05) is 19.0 Å². The number of aryl methyl sites for hydroxylation is 2. The molecule has 1 aliphatic rings. The monoisotopic (exact) mass is 471 g/mol. The molecule has 3 heterocycles. The predicted octanol–water partition coefficient (Wildman–Crippen LogP) is 3.72. The van der Waals surface area contributed by atoms with Crippen LogP contribution in [-0.2, 0) is 10.0 Å². The molecule has 1 aromatic carbocycles. The Morgan fingerprint density at radius 1 is 1.15 bits per heavy atom. The molecule has 1 N–H and O–H groups in total. The van der Waals surface area contributed by atoms with E-state index in [0.29, 0.717) is 46.8 Å². The van der Waals surface area contributed by atoms with Gasteiger partial charge in [-0.25, -0.2) is 13.4 Å². The fraction of sp³-hybridized carbons (Fsp3) is 0.435. The van der Waals surface area contributed by atoms with Crippen LogP contribution >= 0.6 is 0 Å². The van der Waals surface area contributed by atoms with Crippen LogP contribution < -0.4 is 10.2 Å². The van der Waals surface area contributed by atoms with Crippen LogP contribution in [0.3, 0.4) is 0 Å². The van der Waals surface area contributed by atoms with E-state index in [4.69, 9.17) is 4.52 Å². The third kappa shape index (κ3) is 4.32. The van der Waals surface area contributed by atoms with E-state index in [1.54, 1.807) is 52.0 Å². The van der Waals surface area contributed by atoms with Gasteiger partial charge in [0.1, 0.15) is 0 Å². The molecule has 0 aliphatic carbocycles. The molecule has 0 spiro atoms. The first-order valence-corrected chi connectivity index (χ1v) is 12.6. The van der Waals surface area contributed by atoms with Gasteiger partial charge in [0.2, 0.25) is 10.0 Å². The number of pyridine rings is 1. The topological polar surface area (TPSA) is 109 Å². The van der Waals surface area contributed by atoms with Gasteiger partial charge in [-0.2, -0.15) is 4.31 Å². The first kappa shape index (κ1) is 23.2. The predicted molar refractivity (Wildman–Crippen MR) is 127 cm³/mol. The van der Waals surface area contributed by atoms with Crippen molar-refractivity contribution >= 4 is 38.4 Å². The van der Waals surface area contributed by atoms with Gasteiger partial charge in [-0.15, -0.1) is 0 Å². The van der Waals surface area contributed by atoms with Crippen molar-refractivity contribution < 1.29 is 17.7 Å². The lowest BCUT2D eigenvalue weighted by atomic mass is 10.1. The van der Waals surface area contributed by atoms with E-state index < -0.39 is 10.0 Å². The second kappa shape index (κ2) is 9.11. The summed E-state index contributed by atoms with van der Waals surface area (Å²) in [5, 5.41) is 7.46. The van der Waals surface area contributed by atoms with Crippen LogP contribution in [0.1, 0.15) is 48.4 Å². The molecule has 3 aromatic rings. The van der Waals surface area contributed by atoms with Crippen LogP contribution in [0.5, 0.6) is 0 Å². The van der Waals surface area contributed by atoms with Gasteiger partial charge in [-0.3, -0.25) is 4.79 Å². The molecule has 10 heteroatoms. The highest BCUT2D eigenvalue weighted by atomic mass is 32.2. The zero-order chi connectivity index (χ0) is 23.8. The fourth-order valence-electron chi connectivity index (χ4n) is 4.31. The number of benzene rings is 1. The molecule has 176 valence electrons. The van der Waals surface area contributed by atoms with Crippen molar-refractivity contribution in [2.45, 2.75) is 45.4 Å². The third-order valence-electron chi connectivity index (χ3n) is 6.00. The molecule has 0 atom stereocenters. The second-order valence-corrected chi connectivity index (χ2v) is 10.1. The summed E-state index contributed by atoms with van der Waals surface area (Å²) in [7, 11) is -3.68. The highest BCUT2D eigenvalue weighted by Crippen LogP contribution is 2.33. The Morgan fingerprint density at radius 2 is 1.85 bits per heavy atom. The van der Waals surface area contributed by atoms with Gasteiger partial charge in [-0.05, 0) is 51.0 Å². The van der Waals surface area contributed by atoms with Crippen molar-refractivity contribution in [3.05, 3.63) is 41.2 Å². The average molecular weight is 472 g/mol. The lowest BCUT2D eigenvalue weighted by Crippen LogP contribution is -2.31. The Hall–Kier alpha value is -2.98. The van der Waals surface area contributed by atoms with Gasteiger partial charge in [0, 0.05) is 31.9 Å². The number of hydrogen-bond donors (Lipinski definition) is 1. The van der Waals surface area contributed by atoms with E-state index in [1.165, 1.54) is 4.31 Å². The van der Waals surface area contributed by atoms with E-state index in [2.05, 4.69) is 20.4 Å². The second-order valence-electron chi connectivity index (χ2n) is 8.18. The Labute approximate surface area is 193 Å². The maximum absolute atomic E-state index is 13.4. The number of nitrogens with one attached hydrogen (secondary N) is 1. The summed E-state index contributed by atoms with van der Waals surface area (Å²) in [4.78, 5) is 20.1. The summed E-state index contributed by atoms with van der Waals surface area (Å²) in [6.45, 7) is 9.60. The summed E-state index contributed by atoms with van der Waals surface area (Å²) in [6, 6.07) is 6.66. The molecule has 4 rings (SSSR count). The number of sulfonamides is 1. The van der Waals surface area contributed by atoms with Crippen molar-refractivity contribution in [3.63, 3.8) is 0 Å². The number of anilines is 2. The van der Waals surface area contributed by atoms with Gasteiger partial charge in [0.05, 0.1) is 32.9 Å². The largest absolute Gasteiger partial charge is 0.370 e. The fourth-order valence-corrected chi connectivity index (χ4v) is 5.79. The lowest BCUT2D eigenvalue weighted by molar-refractivity contribution is 0.102. The van der Waals surface area contributed by atoms with Crippen molar-refractivity contribution in [1.29, 1.82) is 0 Å². The number of carbonyl (C=O) groups excluding carboxylic acids is 1. The molecule has 0 bridgehead atoms. The number of rotatable bonds is 7. The van der Waals surface area contributed by atoms with Crippen LogP contribution in [0.15, 0.2) is 33.7 Å². The lowest BCUT2D eigenvalue weighted by Gasteiger charge is -2.24. The summed E-state index contributed by atoms with van der Waals surface area (Å²) in [5.41, 5.74) is 3.16. The molecule has 9 nitrogen and oxygen atoms in total. The van der Waals surface area contributed by atoms with Crippen molar-refractivity contribution in [2.75, 3.05) is 36.4 Å². The first-order valence-electron chi connectivity index (χ1n) is 11.2. The summed E-state index contributed by atoms with van der Waals surface area (Å²) < 4.78 is 32.9. The Balaban J connectivity index is 1.78. The summed E-state index contributed by atoms with van der Waals surface area (Å²) in [6.07, 6.45) is 2.11. The zero-order valence-electron chi connectivity index (χ0n) is 19.4. The molecule has 2 aromatic heterocycles. The summed E-state index contributed by atoms with van der Waals surface area (Å²) >= 11 is 0. The van der Waals surface area contributed by atoms with Crippen LogP contribution in [0.25, 0.3) is 11.1 Å². The van der Waals surface area contributed by atoms with Gasteiger partial charge >= 0.3 is 0 Å². The molecule has 1 saturated heterocycles. The van der Waals surface area contributed by atoms with Crippen LogP contribution in [0.4, 0.5) is 11.4 Å². The minimum atomic E-state index is -3.68. The average Bonchev–Trinajstić information content (AvgIpc) is 3.44. The SMILES string of the molecule is CCN(CC)S(=O)(=O)c1ccc(N2CCCC2)c(NC(=O)c2cc(C)nc3onc(C)c23)c1. The zero-order valence-corrected chi connectivity index (χ0v) is 20.2. The van der Waals surface area contributed by atoms with Crippen LogP contribution in [0, 0.1) is 13.8 Å². The molecule has 1 fully saturated rings. The number of nitrogens with zero attached hydrogens (tertiary/aromatic N) is 4. The Kier molecular flexibility index (Phi) is 6.40. The smallest absolute Gasteiger partial charge is 0.258 e. The van der Waals surface area contributed by atoms with Crippen molar-refractivity contribution in [1.82, 2.24) is 14.4 Å².